The topological polar surface area (TPSA) is 97.1 Å². The molecule has 0 saturated carbocycles. The van der Waals surface area contributed by atoms with Gasteiger partial charge < -0.3 is 20.4 Å². The number of ether oxygens (including phenoxy) is 1. The highest BCUT2D eigenvalue weighted by atomic mass is 16.5. The number of imidazole rings is 1. The number of aromatic amines is 1. The molecule has 3 N–H and O–H groups in total. The van der Waals surface area contributed by atoms with Gasteiger partial charge in [-0.25, -0.2) is 4.98 Å². The van der Waals surface area contributed by atoms with Gasteiger partial charge in [0.2, 0.25) is 0 Å². The molecule has 0 unspecified atom stereocenters. The summed E-state index contributed by atoms with van der Waals surface area (Å²) in [6, 6.07) is 1.84. The lowest BCUT2D eigenvalue weighted by molar-refractivity contribution is 0.0998. The third-order valence-electron chi connectivity index (χ3n) is 3.24. The second kappa shape index (κ2) is 5.30. The van der Waals surface area contributed by atoms with Crippen LogP contribution >= 0.6 is 0 Å². The zero-order valence-corrected chi connectivity index (χ0v) is 10.9. The Kier molecular flexibility index (Phi) is 3.34. The fourth-order valence-corrected chi connectivity index (χ4v) is 2.24. The van der Waals surface area contributed by atoms with Crippen molar-refractivity contribution in [3.8, 4) is 11.5 Å². The van der Waals surface area contributed by atoms with E-state index in [2.05, 4.69) is 19.9 Å². The predicted molar refractivity (Wildman–Crippen MR) is 73.4 cm³/mol. The number of nitrogens with one attached hydrogen (secondary N) is 1. The Hall–Kier alpha value is -2.41. The Bertz CT molecular complexity index is 605. The first-order chi connectivity index (χ1) is 9.75. The van der Waals surface area contributed by atoms with Gasteiger partial charge in [0.15, 0.2) is 5.82 Å². The first-order valence-electron chi connectivity index (χ1n) is 6.38. The van der Waals surface area contributed by atoms with Gasteiger partial charge >= 0.3 is 0 Å². The van der Waals surface area contributed by atoms with Crippen molar-refractivity contribution in [2.75, 3.05) is 31.2 Å². The summed E-state index contributed by atoms with van der Waals surface area (Å²) in [6.45, 7) is 2.72. The molecule has 2 aromatic rings. The molecule has 0 bridgehead atoms. The van der Waals surface area contributed by atoms with Gasteiger partial charge in [-0.1, -0.05) is 0 Å². The summed E-state index contributed by atoms with van der Waals surface area (Å²) < 4.78 is 5.33. The summed E-state index contributed by atoms with van der Waals surface area (Å²) in [5, 5.41) is 0. The van der Waals surface area contributed by atoms with Crippen molar-refractivity contribution >= 4 is 11.6 Å². The number of primary amides is 1. The average molecular weight is 273 g/mol. The minimum Gasteiger partial charge on any atom is -0.378 e. The number of H-pyrrole nitrogens is 1. The number of hydrogen-bond donors (Lipinski definition) is 2. The van der Waals surface area contributed by atoms with E-state index in [1.807, 2.05) is 6.07 Å². The lowest BCUT2D eigenvalue weighted by Gasteiger charge is -2.30. The zero-order valence-electron chi connectivity index (χ0n) is 10.9. The van der Waals surface area contributed by atoms with E-state index >= 15 is 0 Å². The number of rotatable bonds is 3. The van der Waals surface area contributed by atoms with Crippen LogP contribution in [0.25, 0.3) is 11.5 Å². The summed E-state index contributed by atoms with van der Waals surface area (Å²) in [4.78, 5) is 25.1. The third kappa shape index (κ3) is 2.35. The molecular weight excluding hydrogens is 258 g/mol. The number of nitrogens with two attached hydrogens (primary N) is 1. The summed E-state index contributed by atoms with van der Waals surface area (Å²) in [5.41, 5.74) is 7.31. The van der Waals surface area contributed by atoms with Crippen LogP contribution in [0.4, 0.5) is 5.69 Å². The number of morpholine rings is 1. The molecule has 3 rings (SSSR count). The van der Waals surface area contributed by atoms with Crippen LogP contribution < -0.4 is 10.6 Å². The van der Waals surface area contributed by atoms with Crippen molar-refractivity contribution in [1.29, 1.82) is 0 Å². The molecule has 1 aliphatic heterocycles. The molecule has 7 heteroatoms. The molecule has 1 aliphatic rings. The van der Waals surface area contributed by atoms with E-state index in [9.17, 15) is 4.79 Å². The van der Waals surface area contributed by atoms with Crippen LogP contribution in [-0.4, -0.2) is 47.2 Å². The summed E-state index contributed by atoms with van der Waals surface area (Å²) in [7, 11) is 0. The van der Waals surface area contributed by atoms with Crippen LogP contribution in [0.2, 0.25) is 0 Å². The number of anilines is 1. The molecule has 7 nitrogen and oxygen atoms in total. The molecule has 20 heavy (non-hydrogen) atoms. The molecule has 0 aliphatic carbocycles. The van der Waals surface area contributed by atoms with Gasteiger partial charge in [0, 0.05) is 31.7 Å². The van der Waals surface area contributed by atoms with Crippen LogP contribution in [0.5, 0.6) is 0 Å². The Morgan fingerprint density at radius 3 is 2.80 bits per heavy atom. The Balaban J connectivity index is 2.03. The number of hydrogen-bond acceptors (Lipinski definition) is 5. The molecule has 2 aromatic heterocycles. The SMILES string of the molecule is NC(=O)c1cnc(-c2ncc[nH]2)cc1N1CCOCC1. The molecular formula is C13H15N5O2. The van der Waals surface area contributed by atoms with Crippen LogP contribution in [0.15, 0.2) is 24.7 Å². The van der Waals surface area contributed by atoms with E-state index < -0.39 is 5.91 Å². The lowest BCUT2D eigenvalue weighted by atomic mass is 10.1. The van der Waals surface area contributed by atoms with Crippen molar-refractivity contribution in [3.05, 3.63) is 30.2 Å². The van der Waals surface area contributed by atoms with Crippen molar-refractivity contribution in [3.63, 3.8) is 0 Å². The Labute approximate surface area is 115 Å². The number of amides is 1. The highest BCUT2D eigenvalue weighted by Gasteiger charge is 2.19. The molecule has 1 saturated heterocycles. The zero-order chi connectivity index (χ0) is 13.9. The largest absolute Gasteiger partial charge is 0.378 e. The fourth-order valence-electron chi connectivity index (χ4n) is 2.24. The molecule has 104 valence electrons. The molecule has 1 amide bonds. The number of carbonyl (C=O) groups is 1. The lowest BCUT2D eigenvalue weighted by Crippen LogP contribution is -2.37. The van der Waals surface area contributed by atoms with Gasteiger partial charge in [-0.05, 0) is 6.07 Å². The Morgan fingerprint density at radius 1 is 1.35 bits per heavy atom. The van der Waals surface area contributed by atoms with E-state index in [4.69, 9.17) is 10.5 Å². The third-order valence-corrected chi connectivity index (χ3v) is 3.24. The molecule has 0 atom stereocenters. The van der Waals surface area contributed by atoms with E-state index in [0.717, 1.165) is 18.8 Å². The van der Waals surface area contributed by atoms with E-state index in [1.165, 1.54) is 6.20 Å². The number of carbonyl (C=O) groups excluding carboxylic acids is 1. The van der Waals surface area contributed by atoms with Gasteiger partial charge in [-0.2, -0.15) is 0 Å². The van der Waals surface area contributed by atoms with Gasteiger partial charge in [0.1, 0.15) is 5.69 Å². The van der Waals surface area contributed by atoms with Crippen molar-refractivity contribution in [1.82, 2.24) is 15.0 Å². The highest BCUT2D eigenvalue weighted by Crippen LogP contribution is 2.25. The van der Waals surface area contributed by atoms with Crippen LogP contribution in [0.1, 0.15) is 10.4 Å². The maximum absolute atomic E-state index is 11.6. The average Bonchev–Trinajstić information content (AvgIpc) is 3.02. The predicted octanol–water partition coefficient (Wildman–Crippen LogP) is 0.407. The van der Waals surface area contributed by atoms with E-state index in [1.54, 1.807) is 12.4 Å². The normalized spacial score (nSPS) is 15.3. The fraction of sp³-hybridized carbons (Fsp3) is 0.308. The minimum absolute atomic E-state index is 0.419. The second-order valence-electron chi connectivity index (χ2n) is 4.49. The quantitative estimate of drug-likeness (QED) is 0.844. The van der Waals surface area contributed by atoms with Crippen molar-refractivity contribution in [2.24, 2.45) is 5.73 Å². The van der Waals surface area contributed by atoms with Crippen LogP contribution in [0, 0.1) is 0 Å². The summed E-state index contributed by atoms with van der Waals surface area (Å²) in [5.74, 6) is 0.181. The molecule has 1 fully saturated rings. The second-order valence-corrected chi connectivity index (χ2v) is 4.49. The summed E-state index contributed by atoms with van der Waals surface area (Å²) >= 11 is 0. The molecule has 0 radical (unpaired) electrons. The first-order valence-corrected chi connectivity index (χ1v) is 6.38. The monoisotopic (exact) mass is 273 g/mol. The van der Waals surface area contributed by atoms with Gasteiger partial charge in [0.25, 0.3) is 5.91 Å². The van der Waals surface area contributed by atoms with Crippen molar-refractivity contribution < 1.29 is 9.53 Å². The highest BCUT2D eigenvalue weighted by molar-refractivity contribution is 5.98. The maximum Gasteiger partial charge on any atom is 0.252 e. The molecule has 0 spiro atoms. The summed E-state index contributed by atoms with van der Waals surface area (Å²) in [6.07, 6.45) is 4.89. The van der Waals surface area contributed by atoms with E-state index in [-0.39, 0.29) is 0 Å². The number of pyridine rings is 1. The van der Waals surface area contributed by atoms with Crippen LogP contribution in [0.3, 0.4) is 0 Å². The van der Waals surface area contributed by atoms with E-state index in [0.29, 0.717) is 30.3 Å². The van der Waals surface area contributed by atoms with Gasteiger partial charge in [0.05, 0.1) is 24.5 Å². The molecule has 0 aromatic carbocycles. The number of nitrogens with zero attached hydrogens (tertiary/aromatic N) is 3. The maximum atomic E-state index is 11.6. The minimum atomic E-state index is -0.481. The molecule has 3 heterocycles. The van der Waals surface area contributed by atoms with Crippen molar-refractivity contribution in [2.45, 2.75) is 0 Å². The smallest absolute Gasteiger partial charge is 0.252 e. The van der Waals surface area contributed by atoms with Gasteiger partial charge in [-0.3, -0.25) is 9.78 Å². The standard InChI is InChI=1S/C13H15N5O2/c14-12(19)9-8-17-10(13-15-1-2-16-13)7-11(9)18-3-5-20-6-4-18/h1-2,7-8H,3-6H2,(H2,14,19)(H,15,16). The van der Waals surface area contributed by atoms with Crippen LogP contribution in [-0.2, 0) is 4.74 Å². The van der Waals surface area contributed by atoms with Gasteiger partial charge in [-0.15, -0.1) is 0 Å². The number of aromatic nitrogens is 3. The first kappa shape index (κ1) is 12.6. The Morgan fingerprint density at radius 2 is 2.15 bits per heavy atom.